The van der Waals surface area contributed by atoms with E-state index < -0.39 is 0 Å². The van der Waals surface area contributed by atoms with E-state index in [0.717, 1.165) is 30.7 Å². The zero-order chi connectivity index (χ0) is 22.5. The molecule has 0 bridgehead atoms. The van der Waals surface area contributed by atoms with Crippen molar-refractivity contribution in [1.29, 1.82) is 0 Å². The summed E-state index contributed by atoms with van der Waals surface area (Å²) in [5.41, 5.74) is 6.41. The van der Waals surface area contributed by atoms with Crippen LogP contribution in [0.1, 0.15) is 46.5 Å². The monoisotopic (exact) mass is 458 g/mol. The molecule has 3 aliphatic heterocycles. The molecule has 0 aromatic heterocycles. The molecule has 1 saturated heterocycles. The molecule has 0 radical (unpaired) electrons. The third-order valence-corrected chi connectivity index (χ3v) is 8.15. The zero-order valence-electron chi connectivity index (χ0n) is 18.7. The number of benzene rings is 3. The maximum atomic E-state index is 12.1. The molecule has 33 heavy (non-hydrogen) atoms. The van der Waals surface area contributed by atoms with Crippen molar-refractivity contribution < 1.29 is 14.3 Å². The van der Waals surface area contributed by atoms with Gasteiger partial charge in [0.25, 0.3) is 0 Å². The molecule has 0 spiro atoms. The number of fused-ring (bicyclic) bond motifs is 5. The summed E-state index contributed by atoms with van der Waals surface area (Å²) in [6.07, 6.45) is 2.09. The van der Waals surface area contributed by atoms with Gasteiger partial charge >= 0.3 is 5.97 Å². The topological polar surface area (TPSA) is 50.8 Å². The molecule has 0 aliphatic carbocycles. The van der Waals surface area contributed by atoms with Gasteiger partial charge in [-0.3, -0.25) is 0 Å². The van der Waals surface area contributed by atoms with Crippen LogP contribution in [-0.4, -0.2) is 26.7 Å². The van der Waals surface area contributed by atoms with Crippen molar-refractivity contribution in [1.82, 2.24) is 0 Å². The first-order valence-electron chi connectivity index (χ1n) is 11.4. The molecule has 168 valence electrons. The fraction of sp³-hybridized carbons (Fsp3) is 0.296. The summed E-state index contributed by atoms with van der Waals surface area (Å²) in [5, 5.41) is 3.78. The minimum absolute atomic E-state index is 0.0308. The van der Waals surface area contributed by atoms with Gasteiger partial charge in [0.05, 0.1) is 36.2 Å². The van der Waals surface area contributed by atoms with E-state index in [-0.39, 0.29) is 18.1 Å². The number of para-hydroxylation sites is 1. The Morgan fingerprint density at radius 1 is 1.09 bits per heavy atom. The molecule has 3 aromatic rings. The Morgan fingerprint density at radius 2 is 1.94 bits per heavy atom. The summed E-state index contributed by atoms with van der Waals surface area (Å²) >= 11 is 1.83. The van der Waals surface area contributed by atoms with Crippen molar-refractivity contribution in [2.75, 3.05) is 31.0 Å². The van der Waals surface area contributed by atoms with Gasteiger partial charge in [-0.2, -0.15) is 0 Å². The van der Waals surface area contributed by atoms with E-state index in [1.54, 1.807) is 0 Å². The largest absolute Gasteiger partial charge is 0.465 e. The molecule has 0 amide bonds. The van der Waals surface area contributed by atoms with Crippen LogP contribution in [0.4, 0.5) is 17.1 Å². The molecule has 3 atom stereocenters. The first-order chi connectivity index (χ1) is 16.1. The molecule has 6 heteroatoms. The van der Waals surface area contributed by atoms with Crippen LogP contribution in [0.25, 0.3) is 0 Å². The van der Waals surface area contributed by atoms with E-state index in [9.17, 15) is 4.79 Å². The van der Waals surface area contributed by atoms with Gasteiger partial charge in [0.1, 0.15) is 0 Å². The highest BCUT2D eigenvalue weighted by atomic mass is 32.2. The van der Waals surface area contributed by atoms with Crippen molar-refractivity contribution in [2.45, 2.75) is 34.8 Å². The standard InChI is InChI=1S/C27H26N2O3S/c1-29-21-7-3-4-8-23(21)33-24-15-16(10-12-22(24)29)25-18-6-5-13-32-26(18)19-14-17(27(30)31-2)9-11-20(19)28-25/h3-4,7-12,14-15,18,25-26,28H,5-6,13H2,1-2H3/t18-,25-,26-/m1/s1. The van der Waals surface area contributed by atoms with E-state index >= 15 is 0 Å². The second-order valence-electron chi connectivity index (χ2n) is 8.87. The summed E-state index contributed by atoms with van der Waals surface area (Å²) in [5.74, 6) is -0.0146. The predicted molar refractivity (Wildman–Crippen MR) is 131 cm³/mol. The Morgan fingerprint density at radius 3 is 2.82 bits per heavy atom. The molecule has 3 aromatic carbocycles. The van der Waals surface area contributed by atoms with Gasteiger partial charge in [0.15, 0.2) is 0 Å². The fourth-order valence-corrected chi connectivity index (χ4v) is 6.60. The second-order valence-corrected chi connectivity index (χ2v) is 9.95. The lowest BCUT2D eigenvalue weighted by atomic mass is 9.77. The van der Waals surface area contributed by atoms with Crippen LogP contribution < -0.4 is 10.2 Å². The summed E-state index contributed by atoms with van der Waals surface area (Å²) in [7, 11) is 3.55. The van der Waals surface area contributed by atoms with Crippen LogP contribution >= 0.6 is 11.8 Å². The first-order valence-corrected chi connectivity index (χ1v) is 12.2. The van der Waals surface area contributed by atoms with Gasteiger partial charge in [0, 0.05) is 40.6 Å². The third kappa shape index (κ3) is 3.40. The van der Waals surface area contributed by atoms with Crippen LogP contribution in [0.2, 0.25) is 0 Å². The second kappa shape index (κ2) is 8.12. The summed E-state index contributed by atoms with van der Waals surface area (Å²) in [6, 6.07) is 21.3. The lowest BCUT2D eigenvalue weighted by Crippen LogP contribution is -2.36. The van der Waals surface area contributed by atoms with Gasteiger partial charge in [-0.1, -0.05) is 30.0 Å². The van der Waals surface area contributed by atoms with Crippen LogP contribution in [0, 0.1) is 5.92 Å². The average Bonchev–Trinajstić information content (AvgIpc) is 2.87. The maximum Gasteiger partial charge on any atom is 0.337 e. The maximum absolute atomic E-state index is 12.1. The number of nitrogens with zero attached hydrogens (tertiary/aromatic N) is 1. The van der Waals surface area contributed by atoms with Gasteiger partial charge in [-0.25, -0.2) is 4.79 Å². The number of ether oxygens (including phenoxy) is 2. The van der Waals surface area contributed by atoms with E-state index in [0.29, 0.717) is 11.5 Å². The Bertz CT molecular complexity index is 1240. The van der Waals surface area contributed by atoms with Crippen LogP contribution in [0.5, 0.6) is 0 Å². The van der Waals surface area contributed by atoms with Gasteiger partial charge in [-0.15, -0.1) is 0 Å². The normalized spacial score (nSPS) is 22.8. The minimum Gasteiger partial charge on any atom is -0.465 e. The number of carbonyl (C=O) groups is 1. The van der Waals surface area contributed by atoms with E-state index in [2.05, 4.69) is 59.7 Å². The lowest BCUT2D eigenvalue weighted by Gasteiger charge is -2.43. The number of nitrogens with one attached hydrogen (secondary N) is 1. The number of esters is 1. The zero-order valence-corrected chi connectivity index (χ0v) is 19.5. The highest BCUT2D eigenvalue weighted by Gasteiger charge is 2.40. The summed E-state index contributed by atoms with van der Waals surface area (Å²) in [4.78, 5) is 16.9. The summed E-state index contributed by atoms with van der Waals surface area (Å²) in [6.45, 7) is 0.747. The first kappa shape index (κ1) is 20.6. The van der Waals surface area contributed by atoms with Crippen molar-refractivity contribution in [3.63, 3.8) is 0 Å². The van der Waals surface area contributed by atoms with E-state index in [4.69, 9.17) is 9.47 Å². The van der Waals surface area contributed by atoms with Crippen LogP contribution in [0.15, 0.2) is 70.5 Å². The number of hydrogen-bond donors (Lipinski definition) is 1. The van der Waals surface area contributed by atoms with Crippen LogP contribution in [0.3, 0.4) is 0 Å². The molecule has 1 fully saturated rings. The molecule has 0 unspecified atom stereocenters. The Kier molecular flexibility index (Phi) is 5.07. The van der Waals surface area contributed by atoms with Gasteiger partial charge in [0.2, 0.25) is 0 Å². The fourth-order valence-electron chi connectivity index (χ4n) is 5.40. The number of hydrogen-bond acceptors (Lipinski definition) is 6. The molecule has 3 heterocycles. The highest BCUT2D eigenvalue weighted by molar-refractivity contribution is 7.99. The molecule has 3 aliphatic rings. The number of methoxy groups -OCH3 is 1. The van der Waals surface area contributed by atoms with Crippen molar-refractivity contribution >= 4 is 34.8 Å². The van der Waals surface area contributed by atoms with Gasteiger partial charge < -0.3 is 19.7 Å². The molecular weight excluding hydrogens is 432 g/mol. The Balaban J connectivity index is 1.38. The van der Waals surface area contributed by atoms with Gasteiger partial charge in [-0.05, 0) is 60.9 Å². The molecule has 1 N–H and O–H groups in total. The lowest BCUT2D eigenvalue weighted by molar-refractivity contribution is -0.0381. The predicted octanol–water partition coefficient (Wildman–Crippen LogP) is 6.34. The van der Waals surface area contributed by atoms with Crippen LogP contribution in [-0.2, 0) is 9.47 Å². The average molecular weight is 459 g/mol. The smallest absolute Gasteiger partial charge is 0.337 e. The van der Waals surface area contributed by atoms with Crippen molar-refractivity contribution in [3.05, 3.63) is 77.4 Å². The summed E-state index contributed by atoms with van der Waals surface area (Å²) < 4.78 is 11.2. The molecule has 5 nitrogen and oxygen atoms in total. The molecule has 0 saturated carbocycles. The number of anilines is 3. The van der Waals surface area contributed by atoms with E-state index in [1.807, 2.05) is 30.0 Å². The van der Waals surface area contributed by atoms with Crippen molar-refractivity contribution in [2.24, 2.45) is 5.92 Å². The van der Waals surface area contributed by atoms with Crippen molar-refractivity contribution in [3.8, 4) is 0 Å². The molecule has 6 rings (SSSR count). The number of rotatable bonds is 2. The minimum atomic E-state index is -0.316. The van der Waals surface area contributed by atoms with E-state index in [1.165, 1.54) is 33.8 Å². The third-order valence-electron chi connectivity index (χ3n) is 7.04. The highest BCUT2D eigenvalue weighted by Crippen LogP contribution is 2.52. The molecular formula is C27H26N2O3S. The number of carbonyl (C=O) groups excluding carboxylic acids is 1. The quantitative estimate of drug-likeness (QED) is 0.452. The Hall–Kier alpha value is -2.96. The Labute approximate surface area is 198 Å². The SMILES string of the molecule is COC(=O)c1ccc2c(c1)[C@@H]1OCCC[C@@H]1[C@@H](c1ccc3c(c1)Sc1ccccc1N3C)N2.